The van der Waals surface area contributed by atoms with E-state index in [2.05, 4.69) is 29.0 Å². The zero-order valence-corrected chi connectivity index (χ0v) is 22.1. The van der Waals surface area contributed by atoms with E-state index in [9.17, 15) is 0 Å². The van der Waals surface area contributed by atoms with Crippen LogP contribution in [0.15, 0.2) is 53.5 Å². The third-order valence-corrected chi connectivity index (χ3v) is 6.63. The average Bonchev–Trinajstić information content (AvgIpc) is 3.37. The summed E-state index contributed by atoms with van der Waals surface area (Å²) in [4.78, 5) is 4.50. The summed E-state index contributed by atoms with van der Waals surface area (Å²) in [5.74, 6) is 1.80. The Balaban J connectivity index is 1.42. The van der Waals surface area contributed by atoms with E-state index in [1.54, 1.807) is 0 Å². The van der Waals surface area contributed by atoms with Crippen LogP contribution in [-0.2, 0) is 0 Å². The van der Waals surface area contributed by atoms with Crippen molar-refractivity contribution in [2.45, 2.75) is 78.1 Å². The van der Waals surface area contributed by atoms with Crippen LogP contribution >= 0.6 is 11.3 Å². The summed E-state index contributed by atoms with van der Waals surface area (Å²) < 4.78 is 11.7. The van der Waals surface area contributed by atoms with Crippen LogP contribution in [0.4, 0.5) is 5.13 Å². The van der Waals surface area contributed by atoms with Crippen LogP contribution in [0, 0.1) is 0 Å². The van der Waals surface area contributed by atoms with E-state index in [0.717, 1.165) is 53.7 Å². The maximum absolute atomic E-state index is 5.88. The van der Waals surface area contributed by atoms with Gasteiger partial charge in [0.05, 0.1) is 13.2 Å². The van der Waals surface area contributed by atoms with E-state index in [-0.39, 0.29) is 0 Å². The van der Waals surface area contributed by atoms with Crippen LogP contribution in [0.2, 0.25) is 0 Å². The predicted molar refractivity (Wildman–Crippen MR) is 148 cm³/mol. The Kier molecular flexibility index (Phi) is 12.3. The molecular formula is C29H39N3O2S. The molecule has 0 saturated heterocycles. The third kappa shape index (κ3) is 10.2. The first-order valence-corrected chi connectivity index (χ1v) is 13.9. The molecule has 3 aromatic rings. The first-order valence-electron chi connectivity index (χ1n) is 13.1. The van der Waals surface area contributed by atoms with Crippen molar-refractivity contribution >= 4 is 22.7 Å². The summed E-state index contributed by atoms with van der Waals surface area (Å²) >= 11 is 1.48. The minimum atomic E-state index is 0.639. The molecule has 0 atom stereocenters. The Morgan fingerprint density at radius 3 is 1.86 bits per heavy atom. The number of aliphatic imine (C=N–C) groups is 1. The fraction of sp³-hybridized carbons (Fsp3) is 0.483. The van der Waals surface area contributed by atoms with E-state index in [1.807, 2.05) is 54.7 Å². The van der Waals surface area contributed by atoms with E-state index < -0.39 is 0 Å². The smallest absolute Gasteiger partial charge is 0.231 e. The number of hydrogen-bond acceptors (Lipinski definition) is 6. The third-order valence-electron chi connectivity index (χ3n) is 5.75. The lowest BCUT2D eigenvalue weighted by Crippen LogP contribution is -1.97. The van der Waals surface area contributed by atoms with Crippen LogP contribution in [0.1, 0.15) is 83.6 Å². The summed E-state index contributed by atoms with van der Waals surface area (Å²) in [6.07, 6.45) is 14.3. The molecule has 2 aromatic carbocycles. The van der Waals surface area contributed by atoms with Crippen molar-refractivity contribution in [1.82, 2.24) is 10.2 Å². The van der Waals surface area contributed by atoms with E-state index in [0.29, 0.717) is 5.13 Å². The van der Waals surface area contributed by atoms with Crippen molar-refractivity contribution in [3.8, 4) is 22.1 Å². The highest BCUT2D eigenvalue weighted by atomic mass is 32.1. The second-order valence-corrected chi connectivity index (χ2v) is 9.72. The quantitative estimate of drug-likeness (QED) is 0.139. The van der Waals surface area contributed by atoms with Gasteiger partial charge in [-0.15, -0.1) is 10.2 Å². The topological polar surface area (TPSA) is 56.6 Å². The molecule has 3 rings (SSSR count). The molecule has 35 heavy (non-hydrogen) atoms. The first kappa shape index (κ1) is 26.9. The van der Waals surface area contributed by atoms with Crippen molar-refractivity contribution in [1.29, 1.82) is 0 Å². The van der Waals surface area contributed by atoms with Gasteiger partial charge in [0.1, 0.15) is 16.5 Å². The van der Waals surface area contributed by atoms with Gasteiger partial charge in [0, 0.05) is 11.8 Å². The molecule has 0 spiro atoms. The van der Waals surface area contributed by atoms with Crippen molar-refractivity contribution in [2.24, 2.45) is 4.99 Å². The number of ether oxygens (including phenoxy) is 2. The second kappa shape index (κ2) is 16.0. The van der Waals surface area contributed by atoms with Gasteiger partial charge in [0.2, 0.25) is 5.13 Å². The molecule has 188 valence electrons. The lowest BCUT2D eigenvalue weighted by Gasteiger charge is -2.06. The van der Waals surface area contributed by atoms with Gasteiger partial charge in [-0.1, -0.05) is 76.6 Å². The Bertz CT molecular complexity index is 984. The second-order valence-electron chi connectivity index (χ2n) is 8.77. The van der Waals surface area contributed by atoms with Crippen molar-refractivity contribution in [3.05, 3.63) is 54.1 Å². The Labute approximate surface area is 214 Å². The Hall–Kier alpha value is -2.73. The molecule has 5 nitrogen and oxygen atoms in total. The summed E-state index contributed by atoms with van der Waals surface area (Å²) in [6.45, 7) is 6.01. The van der Waals surface area contributed by atoms with Gasteiger partial charge >= 0.3 is 0 Å². The molecule has 0 N–H and O–H groups in total. The van der Waals surface area contributed by atoms with Gasteiger partial charge in [-0.2, -0.15) is 0 Å². The minimum Gasteiger partial charge on any atom is -0.494 e. The van der Waals surface area contributed by atoms with Gasteiger partial charge in [-0.3, -0.25) is 0 Å². The van der Waals surface area contributed by atoms with E-state index in [1.165, 1.54) is 62.7 Å². The van der Waals surface area contributed by atoms with Crippen molar-refractivity contribution in [2.75, 3.05) is 13.2 Å². The highest BCUT2D eigenvalue weighted by Crippen LogP contribution is 2.29. The molecule has 1 aromatic heterocycles. The Morgan fingerprint density at radius 2 is 1.23 bits per heavy atom. The number of hydrogen-bond donors (Lipinski definition) is 0. The molecular weight excluding hydrogens is 454 g/mol. The van der Waals surface area contributed by atoms with Crippen LogP contribution < -0.4 is 9.47 Å². The number of unbranched alkanes of at least 4 members (excludes halogenated alkanes) is 8. The lowest BCUT2D eigenvalue weighted by atomic mass is 10.1. The Morgan fingerprint density at radius 1 is 0.686 bits per heavy atom. The largest absolute Gasteiger partial charge is 0.494 e. The zero-order valence-electron chi connectivity index (χ0n) is 21.2. The van der Waals surface area contributed by atoms with E-state index in [4.69, 9.17) is 9.47 Å². The maximum atomic E-state index is 5.88. The fourth-order valence-electron chi connectivity index (χ4n) is 3.65. The van der Waals surface area contributed by atoms with Gasteiger partial charge in [0.25, 0.3) is 0 Å². The summed E-state index contributed by atoms with van der Waals surface area (Å²) in [7, 11) is 0. The van der Waals surface area contributed by atoms with Gasteiger partial charge in [0.15, 0.2) is 0 Å². The lowest BCUT2D eigenvalue weighted by molar-refractivity contribution is 0.304. The van der Waals surface area contributed by atoms with Crippen molar-refractivity contribution in [3.63, 3.8) is 0 Å². The SMILES string of the molecule is CCCCCCCCOc1ccc(-c2nnc(/N=C/c3ccc(OCCCCCC)cc3)s2)cc1. The molecule has 0 unspecified atom stereocenters. The fourth-order valence-corrected chi connectivity index (χ4v) is 4.34. The number of rotatable bonds is 17. The predicted octanol–water partition coefficient (Wildman–Crippen LogP) is 8.65. The van der Waals surface area contributed by atoms with Crippen LogP contribution in [0.5, 0.6) is 11.5 Å². The standard InChI is InChI=1S/C29H39N3O2S/c1-3-5-7-9-10-12-22-34-27-19-15-25(16-20-27)28-31-32-29(35-28)30-23-24-13-17-26(18-14-24)33-21-11-8-6-4-2/h13-20,23H,3-12,21-22H2,1-2H3/b30-23+. The molecule has 0 radical (unpaired) electrons. The number of aromatic nitrogens is 2. The minimum absolute atomic E-state index is 0.639. The summed E-state index contributed by atoms with van der Waals surface area (Å²) in [5.41, 5.74) is 2.03. The molecule has 0 aliphatic carbocycles. The van der Waals surface area contributed by atoms with Gasteiger partial charge in [-0.25, -0.2) is 4.99 Å². The first-order chi connectivity index (χ1) is 17.3. The van der Waals surface area contributed by atoms with Crippen LogP contribution in [0.3, 0.4) is 0 Å². The van der Waals surface area contributed by atoms with Crippen LogP contribution in [0.25, 0.3) is 10.6 Å². The van der Waals surface area contributed by atoms with Crippen molar-refractivity contribution < 1.29 is 9.47 Å². The van der Waals surface area contributed by atoms with Gasteiger partial charge < -0.3 is 9.47 Å². The highest BCUT2D eigenvalue weighted by molar-refractivity contribution is 7.18. The molecule has 0 aliphatic rings. The summed E-state index contributed by atoms with van der Waals surface area (Å²) in [6, 6.07) is 16.1. The average molecular weight is 494 g/mol. The molecule has 1 heterocycles. The monoisotopic (exact) mass is 493 g/mol. The van der Waals surface area contributed by atoms with E-state index >= 15 is 0 Å². The highest BCUT2D eigenvalue weighted by Gasteiger charge is 2.06. The zero-order chi connectivity index (χ0) is 24.6. The number of nitrogens with zero attached hydrogens (tertiary/aromatic N) is 3. The van der Waals surface area contributed by atoms with Gasteiger partial charge in [-0.05, 0) is 66.9 Å². The molecule has 6 heteroatoms. The molecule has 0 bridgehead atoms. The molecule has 0 aliphatic heterocycles. The molecule has 0 saturated carbocycles. The van der Waals surface area contributed by atoms with Crippen LogP contribution in [-0.4, -0.2) is 29.6 Å². The summed E-state index contributed by atoms with van der Waals surface area (Å²) in [5, 5.41) is 10.0. The normalized spacial score (nSPS) is 11.3. The molecule has 0 fully saturated rings. The molecule has 0 amide bonds. The number of benzene rings is 2. The maximum Gasteiger partial charge on any atom is 0.231 e.